The van der Waals surface area contributed by atoms with E-state index in [2.05, 4.69) is 15.0 Å². The highest BCUT2D eigenvalue weighted by atomic mass is 32.2. The second-order valence-corrected chi connectivity index (χ2v) is 6.60. The molecular weight excluding hydrogens is 302 g/mol. The van der Waals surface area contributed by atoms with Gasteiger partial charge < -0.3 is 5.32 Å². The van der Waals surface area contributed by atoms with E-state index in [1.54, 1.807) is 37.5 Å². The third kappa shape index (κ3) is 4.12. The molecule has 2 N–H and O–H groups in total. The molecule has 116 valence electrons. The second-order valence-electron chi connectivity index (χ2n) is 4.84. The Morgan fingerprint density at radius 2 is 1.86 bits per heavy atom. The fourth-order valence-corrected chi connectivity index (χ4v) is 3.00. The van der Waals surface area contributed by atoms with Gasteiger partial charge in [0.05, 0.1) is 4.90 Å². The van der Waals surface area contributed by atoms with Crippen molar-refractivity contribution in [2.24, 2.45) is 0 Å². The molecule has 0 bridgehead atoms. The van der Waals surface area contributed by atoms with Crippen LogP contribution in [-0.4, -0.2) is 19.3 Å². The monoisotopic (exact) mass is 319 g/mol. The minimum atomic E-state index is -3.61. The average Bonchev–Trinajstić information content (AvgIpc) is 2.48. The number of aromatic nitrogens is 1. The molecular formula is C15H17N3O3S. The van der Waals surface area contributed by atoms with E-state index < -0.39 is 10.0 Å². The standard InChI is InChI=1S/C15H17N3O3S/c1-11-9-14(3-4-15(11)18-12(2)19)22(20,21)17-10-13-5-7-16-8-6-13/h3-9,17H,10H2,1-2H3,(H,18,19). The topological polar surface area (TPSA) is 88.2 Å². The molecule has 0 radical (unpaired) electrons. The van der Waals surface area contributed by atoms with Gasteiger partial charge >= 0.3 is 0 Å². The fourth-order valence-electron chi connectivity index (χ4n) is 1.90. The summed E-state index contributed by atoms with van der Waals surface area (Å²) in [5.74, 6) is -0.200. The number of hydrogen-bond acceptors (Lipinski definition) is 4. The fraction of sp³-hybridized carbons (Fsp3) is 0.200. The van der Waals surface area contributed by atoms with E-state index in [9.17, 15) is 13.2 Å². The first-order valence-corrected chi connectivity index (χ1v) is 8.13. The van der Waals surface area contributed by atoms with Crippen molar-refractivity contribution in [3.63, 3.8) is 0 Å². The van der Waals surface area contributed by atoms with Gasteiger partial charge in [-0.05, 0) is 48.4 Å². The lowest BCUT2D eigenvalue weighted by molar-refractivity contribution is -0.114. The molecule has 22 heavy (non-hydrogen) atoms. The number of aryl methyl sites for hydroxylation is 1. The van der Waals surface area contributed by atoms with Crippen molar-refractivity contribution in [2.45, 2.75) is 25.3 Å². The van der Waals surface area contributed by atoms with Crippen LogP contribution in [0, 0.1) is 6.92 Å². The number of rotatable bonds is 5. The lowest BCUT2D eigenvalue weighted by Gasteiger charge is -2.10. The Kier molecular flexibility index (Phi) is 4.89. The predicted octanol–water partition coefficient (Wildman–Crippen LogP) is 1.83. The van der Waals surface area contributed by atoms with Gasteiger partial charge in [0.2, 0.25) is 15.9 Å². The number of nitrogens with one attached hydrogen (secondary N) is 2. The molecule has 2 rings (SSSR count). The zero-order valence-electron chi connectivity index (χ0n) is 12.3. The van der Waals surface area contributed by atoms with Gasteiger partial charge in [0.25, 0.3) is 0 Å². The maximum absolute atomic E-state index is 12.3. The van der Waals surface area contributed by atoms with Crippen LogP contribution in [0.4, 0.5) is 5.69 Å². The summed E-state index contributed by atoms with van der Waals surface area (Å²) in [5, 5.41) is 2.65. The van der Waals surface area contributed by atoms with Crippen molar-refractivity contribution in [3.05, 3.63) is 53.9 Å². The van der Waals surface area contributed by atoms with E-state index in [0.717, 1.165) is 5.56 Å². The van der Waals surface area contributed by atoms with Gasteiger partial charge in [0.1, 0.15) is 0 Å². The number of carbonyl (C=O) groups excluding carboxylic acids is 1. The number of benzene rings is 1. The summed E-state index contributed by atoms with van der Waals surface area (Å²) in [4.78, 5) is 15.1. The van der Waals surface area contributed by atoms with E-state index in [4.69, 9.17) is 0 Å². The van der Waals surface area contributed by atoms with Crippen molar-refractivity contribution < 1.29 is 13.2 Å². The molecule has 0 saturated heterocycles. The zero-order chi connectivity index (χ0) is 16.2. The van der Waals surface area contributed by atoms with Crippen LogP contribution in [0.1, 0.15) is 18.1 Å². The number of hydrogen-bond donors (Lipinski definition) is 2. The summed E-state index contributed by atoms with van der Waals surface area (Å²) >= 11 is 0. The van der Waals surface area contributed by atoms with E-state index in [-0.39, 0.29) is 17.3 Å². The molecule has 0 atom stereocenters. The first-order valence-electron chi connectivity index (χ1n) is 6.65. The van der Waals surface area contributed by atoms with Crippen LogP contribution in [0.3, 0.4) is 0 Å². The quantitative estimate of drug-likeness (QED) is 0.880. The molecule has 0 aliphatic heterocycles. The number of sulfonamides is 1. The van der Waals surface area contributed by atoms with Gasteiger partial charge in [-0.1, -0.05) is 0 Å². The summed E-state index contributed by atoms with van der Waals surface area (Å²) < 4.78 is 27.1. The molecule has 0 saturated carbocycles. The normalized spacial score (nSPS) is 11.2. The molecule has 6 nitrogen and oxygen atoms in total. The Morgan fingerprint density at radius 3 is 2.45 bits per heavy atom. The lowest BCUT2D eigenvalue weighted by Crippen LogP contribution is -2.23. The van der Waals surface area contributed by atoms with Crippen LogP contribution in [0.25, 0.3) is 0 Å². The minimum Gasteiger partial charge on any atom is -0.326 e. The number of anilines is 1. The van der Waals surface area contributed by atoms with Crippen molar-refractivity contribution in [1.82, 2.24) is 9.71 Å². The Bertz CT molecular complexity index is 774. The van der Waals surface area contributed by atoms with Gasteiger partial charge in [0, 0.05) is 31.5 Å². The van der Waals surface area contributed by atoms with E-state index in [0.29, 0.717) is 11.3 Å². The maximum atomic E-state index is 12.3. The van der Waals surface area contributed by atoms with Crippen LogP contribution in [0.5, 0.6) is 0 Å². The van der Waals surface area contributed by atoms with E-state index >= 15 is 0 Å². The minimum absolute atomic E-state index is 0.160. The first-order chi connectivity index (χ1) is 10.4. The molecule has 2 aromatic rings. The summed E-state index contributed by atoms with van der Waals surface area (Å²) in [7, 11) is -3.61. The number of carbonyl (C=O) groups is 1. The highest BCUT2D eigenvalue weighted by Gasteiger charge is 2.15. The maximum Gasteiger partial charge on any atom is 0.240 e. The van der Waals surface area contributed by atoms with Crippen molar-refractivity contribution in [1.29, 1.82) is 0 Å². The van der Waals surface area contributed by atoms with Gasteiger partial charge in [-0.15, -0.1) is 0 Å². The molecule has 7 heteroatoms. The Labute approximate surface area is 129 Å². The lowest BCUT2D eigenvalue weighted by atomic mass is 10.2. The van der Waals surface area contributed by atoms with Crippen LogP contribution in [0.2, 0.25) is 0 Å². The van der Waals surface area contributed by atoms with Crippen LogP contribution < -0.4 is 10.0 Å². The smallest absolute Gasteiger partial charge is 0.240 e. The van der Waals surface area contributed by atoms with Crippen molar-refractivity contribution in [2.75, 3.05) is 5.32 Å². The van der Waals surface area contributed by atoms with Crippen LogP contribution >= 0.6 is 0 Å². The summed E-state index contributed by atoms with van der Waals surface area (Å²) in [6.07, 6.45) is 3.21. The Hall–Kier alpha value is -2.25. The molecule has 0 spiro atoms. The highest BCUT2D eigenvalue weighted by molar-refractivity contribution is 7.89. The van der Waals surface area contributed by atoms with Gasteiger partial charge in [-0.3, -0.25) is 9.78 Å². The van der Waals surface area contributed by atoms with Crippen LogP contribution in [0.15, 0.2) is 47.6 Å². The van der Waals surface area contributed by atoms with Crippen molar-refractivity contribution >= 4 is 21.6 Å². The Morgan fingerprint density at radius 1 is 1.18 bits per heavy atom. The van der Waals surface area contributed by atoms with Crippen LogP contribution in [-0.2, 0) is 21.4 Å². The van der Waals surface area contributed by atoms with Gasteiger partial charge in [-0.25, -0.2) is 13.1 Å². The predicted molar refractivity (Wildman–Crippen MR) is 83.7 cm³/mol. The molecule has 1 aromatic heterocycles. The van der Waals surface area contributed by atoms with Crippen molar-refractivity contribution in [3.8, 4) is 0 Å². The molecule has 1 heterocycles. The average molecular weight is 319 g/mol. The molecule has 1 amide bonds. The Balaban J connectivity index is 2.15. The first kappa shape index (κ1) is 16.1. The number of pyridine rings is 1. The largest absolute Gasteiger partial charge is 0.326 e. The molecule has 0 fully saturated rings. The highest BCUT2D eigenvalue weighted by Crippen LogP contribution is 2.19. The third-order valence-electron chi connectivity index (χ3n) is 3.03. The number of amides is 1. The third-order valence-corrected chi connectivity index (χ3v) is 4.43. The summed E-state index contributed by atoms with van der Waals surface area (Å²) in [5.41, 5.74) is 2.10. The van der Waals surface area contributed by atoms with Gasteiger partial charge in [0.15, 0.2) is 0 Å². The molecule has 0 unspecified atom stereocenters. The summed E-state index contributed by atoms with van der Waals surface area (Å²) in [6, 6.07) is 8.06. The summed E-state index contributed by atoms with van der Waals surface area (Å²) in [6.45, 7) is 3.34. The zero-order valence-corrected chi connectivity index (χ0v) is 13.1. The second kappa shape index (κ2) is 6.67. The SMILES string of the molecule is CC(=O)Nc1ccc(S(=O)(=O)NCc2ccncc2)cc1C. The molecule has 1 aromatic carbocycles. The van der Waals surface area contributed by atoms with E-state index in [1.807, 2.05) is 0 Å². The molecule has 0 aliphatic rings. The van der Waals surface area contributed by atoms with E-state index in [1.165, 1.54) is 19.1 Å². The van der Waals surface area contributed by atoms with Gasteiger partial charge in [-0.2, -0.15) is 0 Å². The molecule has 0 aliphatic carbocycles. The number of nitrogens with zero attached hydrogens (tertiary/aromatic N) is 1.